The zero-order chi connectivity index (χ0) is 45.4. The Balaban J connectivity index is 0.994. The van der Waals surface area contributed by atoms with Crippen molar-refractivity contribution in [3.05, 3.63) is 270 Å². The Kier molecular flexibility index (Phi) is 10.4. The van der Waals surface area contributed by atoms with Crippen LogP contribution in [0.15, 0.2) is 243 Å². The lowest BCUT2D eigenvalue weighted by Crippen LogP contribution is -2.22. The van der Waals surface area contributed by atoms with E-state index in [9.17, 15) is 0 Å². The molecule has 0 spiro atoms. The van der Waals surface area contributed by atoms with Gasteiger partial charge in [-0.15, -0.1) is 0 Å². The zero-order valence-electron chi connectivity index (χ0n) is 37.2. The second-order valence-corrected chi connectivity index (χ2v) is 17.2. The fourth-order valence-electron chi connectivity index (χ4n) is 9.77. The third-order valence-electron chi connectivity index (χ3n) is 13.1. The number of nitrogens with zero attached hydrogens (tertiary/aromatic N) is 3. The Hall–Kier alpha value is -8.90. The molecule has 2 aromatic heterocycles. The lowest BCUT2D eigenvalue weighted by atomic mass is 9.84. The number of fused-ring (bicyclic) bond motifs is 4. The summed E-state index contributed by atoms with van der Waals surface area (Å²) in [4.78, 5) is 10.6. The van der Waals surface area contributed by atoms with Crippen molar-refractivity contribution in [3.63, 3.8) is 0 Å². The largest absolute Gasteiger partial charge is 0.354 e. The van der Waals surface area contributed by atoms with Gasteiger partial charge < -0.3 is 15.6 Å². The van der Waals surface area contributed by atoms with Crippen molar-refractivity contribution < 1.29 is 0 Å². The van der Waals surface area contributed by atoms with Crippen LogP contribution in [0.3, 0.4) is 0 Å². The van der Waals surface area contributed by atoms with E-state index in [0.717, 1.165) is 89.7 Å². The van der Waals surface area contributed by atoms with E-state index in [4.69, 9.17) is 15.7 Å². The van der Waals surface area contributed by atoms with Gasteiger partial charge in [-0.2, -0.15) is 0 Å². The molecule has 1 unspecified atom stereocenters. The van der Waals surface area contributed by atoms with Crippen molar-refractivity contribution in [3.8, 4) is 50.7 Å². The highest BCUT2D eigenvalue weighted by Crippen LogP contribution is 2.43. The van der Waals surface area contributed by atoms with Crippen LogP contribution >= 0.6 is 0 Å². The third-order valence-corrected chi connectivity index (χ3v) is 13.1. The first kappa shape index (κ1) is 40.6. The molecular weight excluding hydrogens is 827 g/mol. The van der Waals surface area contributed by atoms with Crippen molar-refractivity contribution in [1.29, 1.82) is 0 Å². The summed E-state index contributed by atoms with van der Waals surface area (Å²) in [6.07, 6.45) is 2.28. The Morgan fingerprint density at radius 1 is 0.441 bits per heavy atom. The maximum atomic E-state index is 7.32. The smallest absolute Gasteiger partial charge is 0.160 e. The molecule has 0 radical (unpaired) electrons. The molecule has 68 heavy (non-hydrogen) atoms. The molecule has 11 aromatic rings. The minimum Gasteiger partial charge on any atom is -0.354 e. The third kappa shape index (κ3) is 7.47. The first-order valence-corrected chi connectivity index (χ1v) is 23.1. The fraction of sp³-hybridized carbons (Fsp3) is 0.0159. The molecule has 1 atom stereocenters. The number of nitrogens with two attached hydrogens (primary N) is 1. The van der Waals surface area contributed by atoms with E-state index in [1.807, 2.05) is 18.2 Å². The van der Waals surface area contributed by atoms with Gasteiger partial charge in [0.05, 0.1) is 34.2 Å². The van der Waals surface area contributed by atoms with Crippen molar-refractivity contribution in [2.45, 2.75) is 6.04 Å². The van der Waals surface area contributed by atoms with Gasteiger partial charge in [-0.3, -0.25) is 0 Å². The van der Waals surface area contributed by atoms with Crippen LogP contribution in [-0.2, 0) is 0 Å². The topological polar surface area (TPSA) is 68.8 Å². The van der Waals surface area contributed by atoms with Crippen molar-refractivity contribution in [2.75, 3.05) is 0 Å². The van der Waals surface area contributed by atoms with Gasteiger partial charge in [0, 0.05) is 50.0 Å². The predicted molar refractivity (Wildman–Crippen MR) is 282 cm³/mol. The number of hydrogen-bond donors (Lipinski definition) is 2. The molecule has 3 heterocycles. The summed E-state index contributed by atoms with van der Waals surface area (Å²) in [5, 5.41) is 6.38. The second-order valence-electron chi connectivity index (χ2n) is 17.2. The van der Waals surface area contributed by atoms with Crippen molar-refractivity contribution in [2.24, 2.45) is 5.73 Å². The van der Waals surface area contributed by atoms with Gasteiger partial charge in [-0.25, -0.2) is 9.97 Å². The van der Waals surface area contributed by atoms with Crippen LogP contribution in [0.2, 0.25) is 0 Å². The van der Waals surface area contributed by atoms with Gasteiger partial charge in [-0.05, 0) is 75.9 Å². The second kappa shape index (κ2) is 17.5. The molecule has 12 rings (SSSR count). The highest BCUT2D eigenvalue weighted by atomic mass is 15.0. The number of aromatic nitrogens is 3. The van der Waals surface area contributed by atoms with Gasteiger partial charge in [0.25, 0.3) is 0 Å². The molecule has 1 aliphatic heterocycles. The van der Waals surface area contributed by atoms with Crippen LogP contribution in [0.1, 0.15) is 33.9 Å². The molecule has 322 valence electrons. The first-order valence-electron chi connectivity index (χ1n) is 23.1. The Morgan fingerprint density at radius 2 is 0.956 bits per heavy atom. The maximum absolute atomic E-state index is 7.32. The van der Waals surface area contributed by atoms with Crippen LogP contribution in [0.5, 0.6) is 0 Å². The minimum atomic E-state index is -0.399. The zero-order valence-corrected chi connectivity index (χ0v) is 37.2. The molecule has 9 aromatic carbocycles. The highest BCUT2D eigenvalue weighted by Gasteiger charge is 2.27. The van der Waals surface area contributed by atoms with Gasteiger partial charge in [0.15, 0.2) is 5.82 Å². The van der Waals surface area contributed by atoms with E-state index in [0.29, 0.717) is 5.82 Å². The summed E-state index contributed by atoms with van der Waals surface area (Å²) in [6, 6.07) is 84.6. The van der Waals surface area contributed by atoms with Crippen LogP contribution in [0.4, 0.5) is 0 Å². The highest BCUT2D eigenvalue weighted by molar-refractivity contribution is 6.09. The number of nitrogens with one attached hydrogen (secondary N) is 1. The lowest BCUT2D eigenvalue weighted by molar-refractivity contribution is 0.928. The monoisotopic (exact) mass is 871 g/mol. The molecule has 5 nitrogen and oxygen atoms in total. The number of hydrogen-bond acceptors (Lipinski definition) is 4. The fourth-order valence-corrected chi connectivity index (χ4v) is 9.77. The average molecular weight is 872 g/mol. The van der Waals surface area contributed by atoms with E-state index in [1.165, 1.54) is 21.8 Å². The van der Waals surface area contributed by atoms with Gasteiger partial charge >= 0.3 is 0 Å². The molecule has 0 saturated heterocycles. The summed E-state index contributed by atoms with van der Waals surface area (Å²) < 4.78 is 2.34. The average Bonchev–Trinajstić information content (AvgIpc) is 3.76. The summed E-state index contributed by atoms with van der Waals surface area (Å²) in [7, 11) is 0. The summed E-state index contributed by atoms with van der Waals surface area (Å²) in [6.45, 7) is 0. The van der Waals surface area contributed by atoms with Crippen LogP contribution in [0, 0.1) is 0 Å². The summed E-state index contributed by atoms with van der Waals surface area (Å²) in [5.41, 5.74) is 26.0. The maximum Gasteiger partial charge on any atom is 0.160 e. The molecule has 0 aliphatic carbocycles. The minimum absolute atomic E-state index is 0.399. The molecule has 0 bridgehead atoms. The molecule has 0 saturated carbocycles. The molecule has 0 amide bonds. The summed E-state index contributed by atoms with van der Waals surface area (Å²) >= 11 is 0. The molecular formula is C63H45N5. The van der Waals surface area contributed by atoms with Crippen LogP contribution < -0.4 is 11.1 Å². The normalized spacial score (nSPS) is 13.4. The van der Waals surface area contributed by atoms with Crippen molar-refractivity contribution in [1.82, 2.24) is 19.9 Å². The first-order chi connectivity index (χ1) is 33.6. The van der Waals surface area contributed by atoms with Gasteiger partial charge in [0.2, 0.25) is 0 Å². The van der Waals surface area contributed by atoms with E-state index < -0.39 is 6.04 Å². The summed E-state index contributed by atoms with van der Waals surface area (Å²) in [5.74, 6) is 0.655. The lowest BCUT2D eigenvalue weighted by Gasteiger charge is -2.29. The Bertz CT molecular complexity index is 3630. The molecule has 3 N–H and O–H groups in total. The Labute approximate surface area is 395 Å². The quantitative estimate of drug-likeness (QED) is 0.152. The van der Waals surface area contributed by atoms with E-state index in [-0.39, 0.29) is 0 Å². The van der Waals surface area contributed by atoms with Crippen LogP contribution in [-0.4, -0.2) is 14.5 Å². The molecule has 1 aliphatic rings. The van der Waals surface area contributed by atoms with Gasteiger partial charge in [-0.1, -0.05) is 206 Å². The SMILES string of the molecule is NC(/C(=C1\NC(c2ccccc2)=Cc2c1cccc2-c1cccc(-c2nc(-c3ccccc3)cc(-c3ccc(-n4c5ccccc5c5ccccc54)cc3)n2)c1)c1ccccc1)c1ccccc1. The van der Waals surface area contributed by atoms with E-state index in [1.54, 1.807) is 0 Å². The predicted octanol–water partition coefficient (Wildman–Crippen LogP) is 14.9. The Morgan fingerprint density at radius 3 is 1.62 bits per heavy atom. The van der Waals surface area contributed by atoms with Gasteiger partial charge in [0.1, 0.15) is 0 Å². The standard InChI is InChI=1S/C63H45N5/c64-61(46-25-11-4-12-26-46)60(45-23-9-3-10-24-45)62-53-32-18-31-50(54(53)40-55(65-62)42-19-5-1-6-20-42)47-27-17-28-48(39-47)63-66-56(43-21-7-2-8-22-43)41-57(67-63)44-35-37-49(38-36-44)68-58-33-15-13-29-51(58)52-30-14-16-34-59(52)68/h1-41,61,65H,64H2/b62-60-. The van der Waals surface area contributed by atoms with Crippen LogP contribution in [0.25, 0.3) is 95.6 Å². The number of rotatable bonds is 9. The molecule has 5 heteroatoms. The van der Waals surface area contributed by atoms with E-state index >= 15 is 0 Å². The number of benzene rings is 9. The molecule has 0 fully saturated rings. The van der Waals surface area contributed by atoms with E-state index in [2.05, 4.69) is 240 Å². The van der Waals surface area contributed by atoms with Crippen molar-refractivity contribution >= 4 is 44.8 Å². The number of para-hydroxylation sites is 2.